The van der Waals surface area contributed by atoms with Crippen molar-refractivity contribution in [2.45, 2.75) is 44.8 Å². The third-order valence-electron chi connectivity index (χ3n) is 3.61. The van der Waals surface area contributed by atoms with Crippen LogP contribution in [-0.4, -0.2) is 17.7 Å². The van der Waals surface area contributed by atoms with E-state index in [1.54, 1.807) is 11.3 Å². The molecule has 0 bridgehead atoms. The quantitative estimate of drug-likeness (QED) is 0.828. The van der Waals surface area contributed by atoms with Crippen LogP contribution in [0.2, 0.25) is 0 Å². The lowest BCUT2D eigenvalue weighted by Gasteiger charge is -2.21. The molecule has 1 aliphatic carbocycles. The molecule has 1 aromatic heterocycles. The van der Waals surface area contributed by atoms with Crippen molar-refractivity contribution in [2.75, 3.05) is 6.54 Å². The van der Waals surface area contributed by atoms with Gasteiger partial charge in [0.2, 0.25) is 0 Å². The summed E-state index contributed by atoms with van der Waals surface area (Å²) in [5.74, 6) is 0.815. The highest BCUT2D eigenvalue weighted by atomic mass is 32.1. The minimum absolute atomic E-state index is 0.344. The molecule has 0 amide bonds. The van der Waals surface area contributed by atoms with Crippen LogP contribution in [0.5, 0.6) is 0 Å². The maximum Gasteiger partial charge on any atom is 0.101 e. The standard InChI is InChI=1S/C13H21NOS/c1-10(11-5-2-3-6-11)14-9-12(15)13-7-4-8-16-13/h4,7-8,10-12,14-15H,2-3,5-6,9H2,1H3/t10-,12?/m1/s1. The van der Waals surface area contributed by atoms with Gasteiger partial charge in [0.15, 0.2) is 0 Å². The Hall–Kier alpha value is -0.380. The van der Waals surface area contributed by atoms with Crippen molar-refractivity contribution in [1.29, 1.82) is 0 Å². The maximum absolute atomic E-state index is 9.95. The molecule has 0 saturated heterocycles. The van der Waals surface area contributed by atoms with E-state index in [1.165, 1.54) is 25.7 Å². The van der Waals surface area contributed by atoms with Crippen LogP contribution in [0.15, 0.2) is 17.5 Å². The average molecular weight is 239 g/mol. The number of rotatable bonds is 5. The van der Waals surface area contributed by atoms with E-state index < -0.39 is 0 Å². The summed E-state index contributed by atoms with van der Waals surface area (Å²) in [7, 11) is 0. The number of thiophene rings is 1. The van der Waals surface area contributed by atoms with E-state index in [-0.39, 0.29) is 6.10 Å². The summed E-state index contributed by atoms with van der Waals surface area (Å²) in [5, 5.41) is 15.4. The molecule has 2 atom stereocenters. The molecule has 0 aromatic carbocycles. The highest BCUT2D eigenvalue weighted by molar-refractivity contribution is 7.10. The number of nitrogens with one attached hydrogen (secondary N) is 1. The van der Waals surface area contributed by atoms with Gasteiger partial charge < -0.3 is 10.4 Å². The molecule has 1 unspecified atom stereocenters. The van der Waals surface area contributed by atoms with Crippen LogP contribution >= 0.6 is 11.3 Å². The van der Waals surface area contributed by atoms with Crippen molar-refractivity contribution < 1.29 is 5.11 Å². The molecule has 1 fully saturated rings. The zero-order valence-electron chi connectivity index (χ0n) is 9.86. The van der Waals surface area contributed by atoms with E-state index in [0.717, 1.165) is 10.8 Å². The lowest BCUT2D eigenvalue weighted by Crippen LogP contribution is -2.35. The molecule has 16 heavy (non-hydrogen) atoms. The Labute approximate surface area is 102 Å². The molecule has 0 aliphatic heterocycles. The van der Waals surface area contributed by atoms with Gasteiger partial charge in [-0.25, -0.2) is 0 Å². The second kappa shape index (κ2) is 5.80. The minimum atomic E-state index is -0.344. The maximum atomic E-state index is 9.95. The first kappa shape index (κ1) is 12.1. The van der Waals surface area contributed by atoms with Gasteiger partial charge in [0, 0.05) is 17.5 Å². The Balaban J connectivity index is 1.74. The van der Waals surface area contributed by atoms with Crippen molar-refractivity contribution in [1.82, 2.24) is 5.32 Å². The molecule has 1 heterocycles. The summed E-state index contributed by atoms with van der Waals surface area (Å²) in [6.07, 6.45) is 5.12. The molecule has 90 valence electrons. The predicted octanol–water partition coefficient (Wildman–Crippen LogP) is 2.95. The molecule has 0 radical (unpaired) electrons. The topological polar surface area (TPSA) is 32.3 Å². The predicted molar refractivity (Wildman–Crippen MR) is 68.7 cm³/mol. The number of hydrogen-bond donors (Lipinski definition) is 2. The fourth-order valence-electron chi connectivity index (χ4n) is 2.50. The van der Waals surface area contributed by atoms with Crippen LogP contribution in [0.3, 0.4) is 0 Å². The highest BCUT2D eigenvalue weighted by Gasteiger charge is 2.21. The van der Waals surface area contributed by atoms with Crippen molar-refractivity contribution in [3.8, 4) is 0 Å². The second-order valence-electron chi connectivity index (χ2n) is 4.77. The largest absolute Gasteiger partial charge is 0.386 e. The Kier molecular flexibility index (Phi) is 4.38. The second-order valence-corrected chi connectivity index (χ2v) is 5.75. The molecule has 1 saturated carbocycles. The summed E-state index contributed by atoms with van der Waals surface area (Å²) in [5.41, 5.74) is 0. The van der Waals surface area contributed by atoms with Gasteiger partial charge in [0.25, 0.3) is 0 Å². The van der Waals surface area contributed by atoms with E-state index >= 15 is 0 Å². The first-order valence-electron chi connectivity index (χ1n) is 6.22. The fourth-order valence-corrected chi connectivity index (χ4v) is 3.21. The molecule has 2 N–H and O–H groups in total. The van der Waals surface area contributed by atoms with E-state index in [0.29, 0.717) is 12.6 Å². The van der Waals surface area contributed by atoms with E-state index in [2.05, 4.69) is 12.2 Å². The number of hydrogen-bond acceptors (Lipinski definition) is 3. The van der Waals surface area contributed by atoms with Crippen molar-refractivity contribution in [3.05, 3.63) is 22.4 Å². The van der Waals surface area contributed by atoms with E-state index in [9.17, 15) is 5.11 Å². The first-order chi connectivity index (χ1) is 7.77. The molecular formula is C13H21NOS. The van der Waals surface area contributed by atoms with Gasteiger partial charge in [-0.05, 0) is 37.1 Å². The van der Waals surface area contributed by atoms with Gasteiger partial charge >= 0.3 is 0 Å². The van der Waals surface area contributed by atoms with Crippen LogP contribution < -0.4 is 5.32 Å². The van der Waals surface area contributed by atoms with Gasteiger partial charge in [0.05, 0.1) is 0 Å². The van der Waals surface area contributed by atoms with E-state index in [1.807, 2.05) is 17.5 Å². The third kappa shape index (κ3) is 3.06. The van der Waals surface area contributed by atoms with Gasteiger partial charge in [-0.1, -0.05) is 18.9 Å². The van der Waals surface area contributed by atoms with Gasteiger partial charge in [0.1, 0.15) is 6.10 Å². The van der Waals surface area contributed by atoms with Gasteiger partial charge in [-0.2, -0.15) is 0 Å². The smallest absolute Gasteiger partial charge is 0.101 e. The fraction of sp³-hybridized carbons (Fsp3) is 0.692. The van der Waals surface area contributed by atoms with Crippen LogP contribution in [0, 0.1) is 5.92 Å². The van der Waals surface area contributed by atoms with Crippen LogP contribution in [-0.2, 0) is 0 Å². The summed E-state index contributed by atoms with van der Waals surface area (Å²) in [4.78, 5) is 1.06. The molecule has 2 nitrogen and oxygen atoms in total. The third-order valence-corrected chi connectivity index (χ3v) is 4.59. The Morgan fingerprint density at radius 2 is 2.25 bits per heavy atom. The molecule has 3 heteroatoms. The monoisotopic (exact) mass is 239 g/mol. The lowest BCUT2D eigenvalue weighted by molar-refractivity contribution is 0.169. The Morgan fingerprint density at radius 1 is 1.50 bits per heavy atom. The summed E-state index contributed by atoms with van der Waals surface area (Å²) >= 11 is 1.62. The Bertz CT molecular complexity index is 293. The van der Waals surface area contributed by atoms with Crippen LogP contribution in [0.25, 0.3) is 0 Å². The van der Waals surface area contributed by atoms with Gasteiger partial charge in [-0.3, -0.25) is 0 Å². The number of aliphatic hydroxyl groups is 1. The normalized spacial score (nSPS) is 21.1. The average Bonchev–Trinajstić information content (AvgIpc) is 2.95. The molecular weight excluding hydrogens is 218 g/mol. The number of aliphatic hydroxyl groups excluding tert-OH is 1. The molecule has 1 aromatic rings. The summed E-state index contributed by atoms with van der Waals surface area (Å²) in [6.45, 7) is 2.93. The van der Waals surface area contributed by atoms with Crippen molar-refractivity contribution in [3.63, 3.8) is 0 Å². The Morgan fingerprint density at radius 3 is 2.88 bits per heavy atom. The SMILES string of the molecule is C[C@@H](NCC(O)c1cccs1)C1CCCC1. The van der Waals surface area contributed by atoms with Crippen molar-refractivity contribution >= 4 is 11.3 Å². The minimum Gasteiger partial charge on any atom is -0.386 e. The summed E-state index contributed by atoms with van der Waals surface area (Å²) < 4.78 is 0. The van der Waals surface area contributed by atoms with Crippen LogP contribution in [0.1, 0.15) is 43.6 Å². The molecule has 2 rings (SSSR count). The van der Waals surface area contributed by atoms with E-state index in [4.69, 9.17) is 0 Å². The lowest BCUT2D eigenvalue weighted by atomic mass is 10.00. The molecule has 1 aliphatic rings. The van der Waals surface area contributed by atoms with Gasteiger partial charge in [-0.15, -0.1) is 11.3 Å². The summed E-state index contributed by atoms with van der Waals surface area (Å²) in [6, 6.07) is 4.53. The zero-order valence-corrected chi connectivity index (χ0v) is 10.7. The van der Waals surface area contributed by atoms with Crippen molar-refractivity contribution in [2.24, 2.45) is 5.92 Å². The van der Waals surface area contributed by atoms with Crippen LogP contribution in [0.4, 0.5) is 0 Å². The highest BCUT2D eigenvalue weighted by Crippen LogP contribution is 2.27. The first-order valence-corrected chi connectivity index (χ1v) is 7.10. The molecule has 0 spiro atoms. The zero-order chi connectivity index (χ0) is 11.4.